The van der Waals surface area contributed by atoms with Gasteiger partial charge in [0.15, 0.2) is 0 Å². The fourth-order valence-electron chi connectivity index (χ4n) is 0.996. The number of esters is 1. The van der Waals surface area contributed by atoms with Gasteiger partial charge in [0.05, 0.1) is 14.3 Å². The molecule has 0 rings (SSSR count). The van der Waals surface area contributed by atoms with Crippen molar-refractivity contribution in [3.63, 3.8) is 0 Å². The number of ether oxygens (including phenoxy) is 1. The van der Waals surface area contributed by atoms with Crippen LogP contribution in [0.5, 0.6) is 0 Å². The van der Waals surface area contributed by atoms with Gasteiger partial charge < -0.3 is 9.30 Å². The summed E-state index contributed by atoms with van der Waals surface area (Å²) < 4.78 is 16.0. The smallest absolute Gasteiger partial charge is 0.316 e. The molecular weight excluding hydrogens is 163 g/mol. The van der Waals surface area contributed by atoms with Crippen LogP contribution in [0, 0.1) is 0 Å². The van der Waals surface area contributed by atoms with Crippen LogP contribution in [-0.2, 0) is 14.1 Å². The van der Waals surface area contributed by atoms with E-state index in [9.17, 15) is 9.36 Å². The molecule has 0 aliphatic carbocycles. The molecule has 11 heavy (non-hydrogen) atoms. The van der Waals surface area contributed by atoms with Gasteiger partial charge in [0, 0.05) is 0 Å². The lowest BCUT2D eigenvalue weighted by Gasteiger charge is -2.16. The molecule has 0 heterocycles. The highest BCUT2D eigenvalue weighted by atomic mass is 31.2. The maximum absolute atomic E-state index is 11.4. The Morgan fingerprint density at radius 3 is 2.09 bits per heavy atom. The van der Waals surface area contributed by atoms with E-state index < -0.39 is 12.8 Å². The summed E-state index contributed by atoms with van der Waals surface area (Å²) >= 11 is 0. The fourth-order valence-corrected chi connectivity index (χ4v) is 2.49. The molecule has 0 saturated heterocycles. The van der Waals surface area contributed by atoms with Gasteiger partial charge in [-0.25, -0.2) is 0 Å². The largest absolute Gasteiger partial charge is 0.468 e. The Kier molecular flexibility index (Phi) is 3.81. The monoisotopic (exact) mass is 178 g/mol. The lowest BCUT2D eigenvalue weighted by molar-refractivity contribution is -0.140. The molecule has 1 atom stereocenters. The van der Waals surface area contributed by atoms with Crippen LogP contribution >= 0.6 is 7.14 Å². The summed E-state index contributed by atoms with van der Waals surface area (Å²) in [6.45, 7) is 5.05. The van der Waals surface area contributed by atoms with Crippen LogP contribution in [-0.4, -0.2) is 32.1 Å². The summed E-state index contributed by atoms with van der Waals surface area (Å²) in [4.78, 5) is 11.0. The average molecular weight is 178 g/mol. The quantitative estimate of drug-likeness (QED) is 0.486. The molecule has 0 fully saturated rings. The third-order valence-corrected chi connectivity index (χ3v) is 3.69. The molecular formula is C7H15O3P. The van der Waals surface area contributed by atoms with Crippen LogP contribution in [0.25, 0.3) is 0 Å². The van der Waals surface area contributed by atoms with Crippen molar-refractivity contribution in [2.24, 2.45) is 0 Å². The van der Waals surface area contributed by atoms with Crippen molar-refractivity contribution in [1.82, 2.24) is 0 Å². The molecule has 0 radical (unpaired) electrons. The van der Waals surface area contributed by atoms with E-state index in [-0.39, 0.29) is 5.97 Å². The van der Waals surface area contributed by atoms with Gasteiger partial charge in [-0.3, -0.25) is 4.79 Å². The van der Waals surface area contributed by atoms with E-state index in [1.807, 2.05) is 6.92 Å². The van der Waals surface area contributed by atoms with Gasteiger partial charge in [0.1, 0.15) is 5.66 Å². The Morgan fingerprint density at radius 2 is 2.00 bits per heavy atom. The number of carbonyl (C=O) groups is 1. The maximum atomic E-state index is 11.4. The van der Waals surface area contributed by atoms with Gasteiger partial charge in [-0.2, -0.15) is 0 Å². The normalized spacial score (nSPS) is 14.2. The molecule has 0 aromatic rings. The fraction of sp³-hybridized carbons (Fsp3) is 0.857. The Bertz CT molecular complexity index is 182. The third kappa shape index (κ3) is 3.06. The molecule has 3 nitrogen and oxygen atoms in total. The van der Waals surface area contributed by atoms with Crippen molar-refractivity contribution in [3.8, 4) is 0 Å². The van der Waals surface area contributed by atoms with E-state index in [1.54, 1.807) is 13.3 Å². The average Bonchev–Trinajstić information content (AvgIpc) is 1.86. The van der Waals surface area contributed by atoms with Crippen LogP contribution in [0.4, 0.5) is 0 Å². The summed E-state index contributed by atoms with van der Waals surface area (Å²) in [5, 5.41) is 0. The van der Waals surface area contributed by atoms with Gasteiger partial charge in [0.2, 0.25) is 0 Å². The van der Waals surface area contributed by atoms with Crippen molar-refractivity contribution in [1.29, 1.82) is 0 Å². The first-order valence-electron chi connectivity index (χ1n) is 3.56. The molecule has 0 N–H and O–H groups in total. The van der Waals surface area contributed by atoms with Gasteiger partial charge in [-0.1, -0.05) is 6.92 Å². The number of hydrogen-bond acceptors (Lipinski definition) is 3. The molecule has 4 heteroatoms. The molecule has 0 amide bonds. The molecule has 0 spiro atoms. The number of rotatable bonds is 3. The maximum Gasteiger partial charge on any atom is 0.316 e. The van der Waals surface area contributed by atoms with E-state index in [1.165, 1.54) is 7.11 Å². The zero-order valence-electron chi connectivity index (χ0n) is 7.46. The van der Waals surface area contributed by atoms with Crippen molar-refractivity contribution in [3.05, 3.63) is 0 Å². The highest BCUT2D eigenvalue weighted by Crippen LogP contribution is 2.44. The van der Waals surface area contributed by atoms with E-state index in [0.29, 0.717) is 6.42 Å². The van der Waals surface area contributed by atoms with Crippen LogP contribution < -0.4 is 0 Å². The van der Waals surface area contributed by atoms with Crippen LogP contribution in [0.2, 0.25) is 0 Å². The van der Waals surface area contributed by atoms with Crippen molar-refractivity contribution < 1.29 is 14.1 Å². The van der Waals surface area contributed by atoms with Gasteiger partial charge >= 0.3 is 5.97 Å². The van der Waals surface area contributed by atoms with Crippen molar-refractivity contribution >= 4 is 13.1 Å². The van der Waals surface area contributed by atoms with E-state index >= 15 is 0 Å². The van der Waals surface area contributed by atoms with Crippen molar-refractivity contribution in [2.45, 2.75) is 19.0 Å². The number of carbonyl (C=O) groups excluding carboxylic acids is 1. The Balaban J connectivity index is 4.42. The first-order valence-corrected chi connectivity index (χ1v) is 6.23. The highest BCUT2D eigenvalue weighted by molar-refractivity contribution is 7.64. The van der Waals surface area contributed by atoms with Gasteiger partial charge in [-0.05, 0) is 19.8 Å². The summed E-state index contributed by atoms with van der Waals surface area (Å²) in [6, 6.07) is 0. The lowest BCUT2D eigenvalue weighted by Crippen LogP contribution is -2.20. The Hall–Kier alpha value is -0.300. The standard InChI is InChI=1S/C7H15O3P/c1-5-6(7(8)10-2)11(3,4)9/h6H,5H2,1-4H3. The SMILES string of the molecule is CCC(C(=O)OC)P(C)(C)=O. The third-order valence-electron chi connectivity index (χ3n) is 1.61. The number of hydrogen-bond donors (Lipinski definition) is 0. The molecule has 0 saturated carbocycles. The summed E-state index contributed by atoms with van der Waals surface area (Å²) in [5.41, 5.74) is -0.424. The molecule has 0 aromatic carbocycles. The molecule has 0 bridgehead atoms. The van der Waals surface area contributed by atoms with Crippen LogP contribution in [0.15, 0.2) is 0 Å². The summed E-state index contributed by atoms with van der Waals surface area (Å²) in [5.74, 6) is -0.360. The Morgan fingerprint density at radius 1 is 1.55 bits per heavy atom. The van der Waals surface area contributed by atoms with Crippen LogP contribution in [0.1, 0.15) is 13.3 Å². The molecule has 66 valence electrons. The second kappa shape index (κ2) is 3.91. The predicted octanol–water partition coefficient (Wildman–Crippen LogP) is 1.56. The zero-order valence-corrected chi connectivity index (χ0v) is 8.35. The second-order valence-corrected chi connectivity index (χ2v) is 6.37. The van der Waals surface area contributed by atoms with E-state index in [0.717, 1.165) is 0 Å². The van der Waals surface area contributed by atoms with Gasteiger partial charge in [0.25, 0.3) is 0 Å². The highest BCUT2D eigenvalue weighted by Gasteiger charge is 2.29. The minimum Gasteiger partial charge on any atom is -0.468 e. The van der Waals surface area contributed by atoms with Gasteiger partial charge in [-0.15, -0.1) is 0 Å². The minimum absolute atomic E-state index is 0.360. The van der Waals surface area contributed by atoms with E-state index in [2.05, 4.69) is 4.74 Å². The van der Waals surface area contributed by atoms with Crippen molar-refractivity contribution in [2.75, 3.05) is 20.4 Å². The summed E-state index contributed by atoms with van der Waals surface area (Å²) in [6.07, 6.45) is 0.580. The molecule has 1 unspecified atom stereocenters. The topological polar surface area (TPSA) is 43.4 Å². The second-order valence-electron chi connectivity index (χ2n) is 2.88. The predicted molar refractivity (Wildman–Crippen MR) is 45.5 cm³/mol. The first kappa shape index (κ1) is 10.7. The number of methoxy groups -OCH3 is 1. The summed E-state index contributed by atoms with van der Waals surface area (Å²) in [7, 11) is -1.00. The molecule has 0 aromatic heterocycles. The van der Waals surface area contributed by atoms with Crippen LogP contribution in [0.3, 0.4) is 0 Å². The minimum atomic E-state index is -2.32. The molecule has 0 aliphatic heterocycles. The zero-order chi connectivity index (χ0) is 9.07. The van der Waals surface area contributed by atoms with E-state index in [4.69, 9.17) is 0 Å². The first-order chi connectivity index (χ1) is 4.93. The lowest BCUT2D eigenvalue weighted by atomic mass is 10.3. The molecule has 0 aliphatic rings. The Labute approximate surface area is 67.5 Å².